The molecule has 1 N–H and O–H groups in total. The summed E-state index contributed by atoms with van der Waals surface area (Å²) in [6.07, 6.45) is 1.44. The van der Waals surface area contributed by atoms with E-state index in [1.54, 1.807) is 18.2 Å². The van der Waals surface area contributed by atoms with Crippen LogP contribution in [0.2, 0.25) is 0 Å². The maximum absolute atomic E-state index is 14.5. The summed E-state index contributed by atoms with van der Waals surface area (Å²) in [6.45, 7) is 1.10. The van der Waals surface area contributed by atoms with Gasteiger partial charge in [-0.3, -0.25) is 4.79 Å². The molecular weight excluding hydrogens is 447 g/mol. The number of hydrogen-bond acceptors (Lipinski definition) is 7. The molecule has 4 rings (SSSR count). The van der Waals surface area contributed by atoms with E-state index in [1.165, 1.54) is 27.6 Å². The van der Waals surface area contributed by atoms with Gasteiger partial charge in [-0.05, 0) is 24.8 Å². The lowest BCUT2D eigenvalue weighted by atomic mass is 10.1. The standard InChI is InChI=1S/C22H23FN6O3S/c1-33-21-25-17-13-29(18-5-3-2-4-16(18)23)19(30)7-6-15(17)20(26-21)27-10-11-28(22(31)32)14(12-27)8-9-24/h2-5,14H,6-8,10-13H2,1H3,(H,31,32). The zero-order valence-electron chi connectivity index (χ0n) is 18.1. The lowest BCUT2D eigenvalue weighted by Gasteiger charge is -2.40. The van der Waals surface area contributed by atoms with E-state index in [-0.39, 0.29) is 37.5 Å². The van der Waals surface area contributed by atoms with Crippen LogP contribution in [-0.2, 0) is 17.8 Å². The van der Waals surface area contributed by atoms with E-state index in [0.717, 1.165) is 5.56 Å². The topological polar surface area (TPSA) is 114 Å². The van der Waals surface area contributed by atoms with Gasteiger partial charge in [-0.25, -0.2) is 19.2 Å². The monoisotopic (exact) mass is 470 g/mol. The number of benzene rings is 1. The van der Waals surface area contributed by atoms with Crippen LogP contribution in [0.4, 0.5) is 20.7 Å². The molecule has 0 aliphatic carbocycles. The van der Waals surface area contributed by atoms with E-state index >= 15 is 0 Å². The molecule has 1 saturated heterocycles. The molecule has 0 bridgehead atoms. The number of amides is 2. The predicted molar refractivity (Wildman–Crippen MR) is 121 cm³/mol. The van der Waals surface area contributed by atoms with E-state index < -0.39 is 18.0 Å². The highest BCUT2D eigenvalue weighted by atomic mass is 32.2. The molecule has 33 heavy (non-hydrogen) atoms. The molecule has 3 heterocycles. The third-order valence-electron chi connectivity index (χ3n) is 5.93. The molecule has 1 atom stereocenters. The Morgan fingerprint density at radius 1 is 1.30 bits per heavy atom. The molecular formula is C22H23FN6O3S. The number of para-hydroxylation sites is 1. The Morgan fingerprint density at radius 3 is 2.79 bits per heavy atom. The first-order valence-corrected chi connectivity index (χ1v) is 11.8. The number of thioether (sulfide) groups is 1. The average molecular weight is 471 g/mol. The van der Waals surface area contributed by atoms with Crippen molar-refractivity contribution in [3.63, 3.8) is 0 Å². The third kappa shape index (κ3) is 4.57. The summed E-state index contributed by atoms with van der Waals surface area (Å²) in [4.78, 5) is 38.5. The highest BCUT2D eigenvalue weighted by molar-refractivity contribution is 7.98. The first-order chi connectivity index (χ1) is 15.9. The van der Waals surface area contributed by atoms with Gasteiger partial charge in [0.1, 0.15) is 11.6 Å². The zero-order chi connectivity index (χ0) is 23.5. The molecule has 1 aromatic carbocycles. The highest BCUT2D eigenvalue weighted by Crippen LogP contribution is 2.32. The van der Waals surface area contributed by atoms with Crippen LogP contribution in [0.3, 0.4) is 0 Å². The van der Waals surface area contributed by atoms with Crippen molar-refractivity contribution < 1.29 is 19.1 Å². The summed E-state index contributed by atoms with van der Waals surface area (Å²) in [5.41, 5.74) is 1.67. The van der Waals surface area contributed by atoms with Crippen LogP contribution in [0.5, 0.6) is 0 Å². The van der Waals surface area contributed by atoms with Gasteiger partial charge in [-0.15, -0.1) is 0 Å². The Bertz CT molecular complexity index is 1120. The molecule has 1 aromatic heterocycles. The van der Waals surface area contributed by atoms with Gasteiger partial charge in [0.05, 0.1) is 36.5 Å². The second-order valence-electron chi connectivity index (χ2n) is 7.83. The Balaban J connectivity index is 1.72. The van der Waals surface area contributed by atoms with Crippen molar-refractivity contribution in [2.24, 2.45) is 0 Å². The van der Waals surface area contributed by atoms with Crippen LogP contribution in [0.15, 0.2) is 29.4 Å². The molecule has 2 aliphatic heterocycles. The van der Waals surface area contributed by atoms with Crippen LogP contribution < -0.4 is 9.80 Å². The number of nitrogens with zero attached hydrogens (tertiary/aromatic N) is 6. The summed E-state index contributed by atoms with van der Waals surface area (Å²) in [6, 6.07) is 7.76. The van der Waals surface area contributed by atoms with E-state index in [4.69, 9.17) is 4.98 Å². The zero-order valence-corrected chi connectivity index (χ0v) is 18.9. The van der Waals surface area contributed by atoms with Crippen molar-refractivity contribution in [1.82, 2.24) is 14.9 Å². The third-order valence-corrected chi connectivity index (χ3v) is 6.48. The lowest BCUT2D eigenvalue weighted by molar-refractivity contribution is -0.118. The Kier molecular flexibility index (Phi) is 6.65. The first-order valence-electron chi connectivity index (χ1n) is 10.5. The van der Waals surface area contributed by atoms with E-state index in [2.05, 4.69) is 11.1 Å². The van der Waals surface area contributed by atoms with Crippen molar-refractivity contribution in [3.8, 4) is 6.07 Å². The molecule has 1 fully saturated rings. The van der Waals surface area contributed by atoms with Gasteiger partial charge in [-0.1, -0.05) is 23.9 Å². The maximum atomic E-state index is 14.5. The van der Waals surface area contributed by atoms with Gasteiger partial charge in [-0.2, -0.15) is 5.26 Å². The van der Waals surface area contributed by atoms with Crippen molar-refractivity contribution in [2.45, 2.75) is 37.0 Å². The lowest BCUT2D eigenvalue weighted by Crippen LogP contribution is -2.55. The molecule has 0 spiro atoms. The summed E-state index contributed by atoms with van der Waals surface area (Å²) in [5, 5.41) is 19.2. The Morgan fingerprint density at radius 2 is 2.09 bits per heavy atom. The van der Waals surface area contributed by atoms with Gasteiger partial charge in [0.15, 0.2) is 5.16 Å². The van der Waals surface area contributed by atoms with E-state index in [1.807, 2.05) is 11.2 Å². The van der Waals surface area contributed by atoms with Crippen LogP contribution in [-0.4, -0.2) is 63.9 Å². The van der Waals surface area contributed by atoms with Crippen molar-refractivity contribution in [2.75, 3.05) is 35.7 Å². The van der Waals surface area contributed by atoms with Crippen molar-refractivity contribution >= 4 is 35.3 Å². The molecule has 11 heteroatoms. The summed E-state index contributed by atoms with van der Waals surface area (Å²) >= 11 is 1.36. The van der Waals surface area contributed by atoms with E-state index in [9.17, 15) is 24.3 Å². The number of halogens is 1. The number of carbonyl (C=O) groups is 2. The van der Waals surface area contributed by atoms with Gasteiger partial charge < -0.3 is 19.8 Å². The Labute approximate surface area is 194 Å². The van der Waals surface area contributed by atoms with Crippen LogP contribution in [0.25, 0.3) is 0 Å². The van der Waals surface area contributed by atoms with Gasteiger partial charge in [0.2, 0.25) is 5.91 Å². The van der Waals surface area contributed by atoms with Crippen LogP contribution in [0, 0.1) is 17.1 Å². The summed E-state index contributed by atoms with van der Waals surface area (Å²) < 4.78 is 14.5. The molecule has 2 amide bonds. The maximum Gasteiger partial charge on any atom is 0.407 e. The minimum absolute atomic E-state index is 0.0744. The van der Waals surface area contributed by atoms with Gasteiger partial charge in [0.25, 0.3) is 0 Å². The quantitative estimate of drug-likeness (QED) is 0.536. The van der Waals surface area contributed by atoms with Gasteiger partial charge >= 0.3 is 6.09 Å². The average Bonchev–Trinajstić information content (AvgIpc) is 2.97. The Hall–Kier alpha value is -3.39. The van der Waals surface area contributed by atoms with Crippen LogP contribution in [0.1, 0.15) is 24.1 Å². The molecule has 2 aliphatic rings. The molecule has 2 aromatic rings. The number of rotatable bonds is 4. The first kappa shape index (κ1) is 22.8. The largest absolute Gasteiger partial charge is 0.465 e. The fraction of sp³-hybridized carbons (Fsp3) is 0.409. The smallest absolute Gasteiger partial charge is 0.407 e. The number of carboxylic acid groups (broad SMARTS) is 1. The normalized spacial score (nSPS) is 18.5. The number of fused-ring (bicyclic) bond motifs is 1. The molecule has 172 valence electrons. The van der Waals surface area contributed by atoms with Gasteiger partial charge in [0, 0.05) is 31.6 Å². The fourth-order valence-electron chi connectivity index (χ4n) is 4.31. The second kappa shape index (κ2) is 9.62. The minimum atomic E-state index is -1.05. The molecule has 9 nitrogen and oxygen atoms in total. The fourth-order valence-corrected chi connectivity index (χ4v) is 4.69. The summed E-state index contributed by atoms with van der Waals surface area (Å²) in [5.74, 6) is -0.0221. The number of anilines is 2. The molecule has 0 radical (unpaired) electrons. The van der Waals surface area contributed by atoms with E-state index in [0.29, 0.717) is 36.2 Å². The number of piperazine rings is 1. The number of carbonyl (C=O) groups excluding carboxylic acids is 1. The predicted octanol–water partition coefficient (Wildman–Crippen LogP) is 2.90. The SMILES string of the molecule is CSc1nc2c(c(N3CCN(C(=O)O)C(CC#N)C3)n1)CCC(=O)N(c1ccccc1F)C2. The van der Waals surface area contributed by atoms with Crippen LogP contribution >= 0.6 is 11.8 Å². The minimum Gasteiger partial charge on any atom is -0.465 e. The highest BCUT2D eigenvalue weighted by Gasteiger charge is 2.34. The number of hydrogen-bond donors (Lipinski definition) is 1. The molecule has 1 unspecified atom stereocenters. The summed E-state index contributed by atoms with van der Waals surface area (Å²) in [7, 11) is 0. The number of nitriles is 1. The number of aromatic nitrogens is 2. The van der Waals surface area contributed by atoms with Crippen molar-refractivity contribution in [3.05, 3.63) is 41.3 Å². The van der Waals surface area contributed by atoms with Crippen molar-refractivity contribution in [1.29, 1.82) is 5.26 Å². The molecule has 0 saturated carbocycles. The second-order valence-corrected chi connectivity index (χ2v) is 8.60.